The number of aryl methyl sites for hydroxylation is 1. The molecular weight excluding hydrogens is 550 g/mol. The minimum atomic E-state index is -0.267. The summed E-state index contributed by atoms with van der Waals surface area (Å²) < 4.78 is 10.4. The van der Waals surface area contributed by atoms with Crippen molar-refractivity contribution in [2.24, 2.45) is 0 Å². The highest BCUT2D eigenvalue weighted by Gasteiger charge is 2.28. The second-order valence-corrected chi connectivity index (χ2v) is 13.0. The normalized spacial score (nSPS) is 16.9. The second kappa shape index (κ2) is 11.8. The van der Waals surface area contributed by atoms with E-state index in [1.807, 2.05) is 69.9 Å². The Hall–Kier alpha value is -4.66. The Labute approximate surface area is 258 Å². The smallest absolute Gasteiger partial charge is 0.320 e. The van der Waals surface area contributed by atoms with Crippen molar-refractivity contribution in [3.63, 3.8) is 0 Å². The molecule has 0 bridgehead atoms. The predicted molar refractivity (Wildman–Crippen MR) is 173 cm³/mol. The molecule has 44 heavy (non-hydrogen) atoms. The fourth-order valence-corrected chi connectivity index (χ4v) is 5.76. The molecule has 0 unspecified atom stereocenters. The van der Waals surface area contributed by atoms with Crippen molar-refractivity contribution in [2.75, 3.05) is 5.32 Å². The van der Waals surface area contributed by atoms with Crippen LogP contribution in [-0.4, -0.2) is 30.4 Å². The summed E-state index contributed by atoms with van der Waals surface area (Å²) in [7, 11) is 0. The van der Waals surface area contributed by atoms with Gasteiger partial charge in [0.1, 0.15) is 23.5 Å². The molecule has 2 atom stereocenters. The first-order valence-corrected chi connectivity index (χ1v) is 15.4. The van der Waals surface area contributed by atoms with Crippen LogP contribution in [0.4, 0.5) is 10.6 Å². The van der Waals surface area contributed by atoms with Gasteiger partial charge in [0, 0.05) is 17.4 Å². The van der Waals surface area contributed by atoms with Gasteiger partial charge in [0.2, 0.25) is 0 Å². The number of aromatic nitrogens is 5. The maximum atomic E-state index is 13.5. The zero-order chi connectivity index (χ0) is 31.0. The van der Waals surface area contributed by atoms with Crippen molar-refractivity contribution in [1.82, 2.24) is 29.7 Å². The van der Waals surface area contributed by atoms with E-state index in [0.717, 1.165) is 64.6 Å². The van der Waals surface area contributed by atoms with E-state index in [-0.39, 0.29) is 29.5 Å². The molecule has 2 N–H and O–H groups in total. The fourth-order valence-electron chi connectivity index (χ4n) is 5.76. The first kappa shape index (κ1) is 29.4. The van der Waals surface area contributed by atoms with Gasteiger partial charge in [0.25, 0.3) is 0 Å². The standard InChI is InChI=1S/C35H41N7O2/c1-22(2)33-39-38-31-19-18-25(21-41(31)33)44-29-13-9-12-28(26-10-7-8-11-27(26)29)36-34(43)37-32-20-30(35(4,5)6)40-42(32)24-16-14-23(3)15-17-24/h7-8,10-11,14-22,28-29H,9,12-13H2,1-6H3,(H2,36,37,43)/t28-,29+/m1/s1. The molecule has 0 saturated heterocycles. The van der Waals surface area contributed by atoms with Crippen LogP contribution >= 0.6 is 0 Å². The van der Waals surface area contributed by atoms with Crippen molar-refractivity contribution in [1.29, 1.82) is 0 Å². The summed E-state index contributed by atoms with van der Waals surface area (Å²) in [5, 5.41) is 19.9. The van der Waals surface area contributed by atoms with Crippen molar-refractivity contribution < 1.29 is 9.53 Å². The van der Waals surface area contributed by atoms with E-state index in [1.165, 1.54) is 0 Å². The number of ether oxygens (including phenoxy) is 1. The third-order valence-electron chi connectivity index (χ3n) is 8.18. The molecule has 2 amide bonds. The van der Waals surface area contributed by atoms with Gasteiger partial charge in [-0.05, 0) is 61.6 Å². The Morgan fingerprint density at radius 3 is 2.45 bits per heavy atom. The summed E-state index contributed by atoms with van der Waals surface area (Å²) in [6.45, 7) is 12.6. The molecule has 1 aliphatic rings. The summed E-state index contributed by atoms with van der Waals surface area (Å²) in [5.41, 5.74) is 5.75. The van der Waals surface area contributed by atoms with Gasteiger partial charge in [-0.3, -0.25) is 9.72 Å². The molecule has 0 radical (unpaired) electrons. The third-order valence-corrected chi connectivity index (χ3v) is 8.18. The number of hydrogen-bond acceptors (Lipinski definition) is 5. The molecule has 9 nitrogen and oxygen atoms in total. The maximum Gasteiger partial charge on any atom is 0.320 e. The number of anilines is 1. The average Bonchev–Trinajstić information content (AvgIpc) is 3.57. The summed E-state index contributed by atoms with van der Waals surface area (Å²) in [4.78, 5) is 13.5. The summed E-state index contributed by atoms with van der Waals surface area (Å²) in [6, 6.07) is 21.8. The highest BCUT2D eigenvalue weighted by Crippen LogP contribution is 2.37. The van der Waals surface area contributed by atoms with Crippen LogP contribution in [0.5, 0.6) is 5.75 Å². The lowest BCUT2D eigenvalue weighted by molar-refractivity contribution is 0.193. The Bertz CT molecular complexity index is 1780. The minimum absolute atomic E-state index is 0.144. The monoisotopic (exact) mass is 591 g/mol. The maximum absolute atomic E-state index is 13.5. The van der Waals surface area contributed by atoms with E-state index in [1.54, 1.807) is 0 Å². The van der Waals surface area contributed by atoms with Gasteiger partial charge in [-0.1, -0.05) is 76.6 Å². The van der Waals surface area contributed by atoms with E-state index in [4.69, 9.17) is 9.84 Å². The third kappa shape index (κ3) is 6.04. The summed E-state index contributed by atoms with van der Waals surface area (Å²) >= 11 is 0. The van der Waals surface area contributed by atoms with E-state index in [0.29, 0.717) is 5.82 Å². The number of hydrogen-bond donors (Lipinski definition) is 2. The zero-order valence-electron chi connectivity index (χ0n) is 26.3. The van der Waals surface area contributed by atoms with Crippen molar-refractivity contribution in [2.45, 2.75) is 84.3 Å². The Kier molecular flexibility index (Phi) is 7.88. The highest BCUT2D eigenvalue weighted by molar-refractivity contribution is 5.89. The molecule has 9 heteroatoms. The molecule has 0 fully saturated rings. The van der Waals surface area contributed by atoms with Gasteiger partial charge in [-0.15, -0.1) is 10.2 Å². The first-order chi connectivity index (χ1) is 21.1. The average molecular weight is 592 g/mol. The van der Waals surface area contributed by atoms with Crippen LogP contribution in [0.2, 0.25) is 0 Å². The molecule has 0 saturated carbocycles. The molecule has 1 aliphatic carbocycles. The SMILES string of the molecule is Cc1ccc(-n2nc(C(C)(C)C)cc2NC(=O)N[C@@H]2CCC[C@H](Oc3ccc4nnc(C(C)C)n4c3)c3ccccc32)cc1. The Morgan fingerprint density at radius 1 is 0.977 bits per heavy atom. The van der Waals surface area contributed by atoms with Gasteiger partial charge in [0.15, 0.2) is 5.65 Å². The predicted octanol–water partition coefficient (Wildman–Crippen LogP) is 7.81. The van der Waals surface area contributed by atoms with Crippen LogP contribution in [0, 0.1) is 6.92 Å². The summed E-state index contributed by atoms with van der Waals surface area (Å²) in [6.07, 6.45) is 4.37. The number of carbonyl (C=O) groups excluding carboxylic acids is 1. The van der Waals surface area contributed by atoms with Crippen LogP contribution in [0.25, 0.3) is 11.3 Å². The number of nitrogens with zero attached hydrogens (tertiary/aromatic N) is 5. The van der Waals surface area contributed by atoms with Crippen LogP contribution < -0.4 is 15.4 Å². The number of benzene rings is 2. The molecular formula is C35H41N7O2. The minimum Gasteiger partial charge on any atom is -0.484 e. The van der Waals surface area contributed by atoms with Gasteiger partial charge in [-0.25, -0.2) is 9.48 Å². The quantitative estimate of drug-likeness (QED) is 0.196. The second-order valence-electron chi connectivity index (χ2n) is 13.0. The fraction of sp³-hybridized carbons (Fsp3) is 0.371. The van der Waals surface area contributed by atoms with E-state index in [9.17, 15) is 4.79 Å². The first-order valence-electron chi connectivity index (χ1n) is 15.4. The topological polar surface area (TPSA) is 98.4 Å². The van der Waals surface area contributed by atoms with Crippen LogP contribution in [0.1, 0.15) is 100 Å². The molecule has 0 spiro atoms. The lowest BCUT2D eigenvalue weighted by Crippen LogP contribution is -2.33. The number of rotatable bonds is 6. The van der Waals surface area contributed by atoms with Crippen LogP contribution in [0.3, 0.4) is 0 Å². The lowest BCUT2D eigenvalue weighted by Gasteiger charge is -2.22. The number of nitrogens with one attached hydrogen (secondary N) is 2. The van der Waals surface area contributed by atoms with Gasteiger partial charge < -0.3 is 10.1 Å². The molecule has 0 aliphatic heterocycles. The molecule has 3 heterocycles. The van der Waals surface area contributed by atoms with E-state index < -0.39 is 0 Å². The Morgan fingerprint density at radius 2 is 1.73 bits per heavy atom. The molecule has 3 aromatic heterocycles. The molecule has 228 valence electrons. The Balaban J connectivity index is 1.23. The lowest BCUT2D eigenvalue weighted by atomic mass is 9.92. The van der Waals surface area contributed by atoms with E-state index in [2.05, 4.69) is 74.5 Å². The van der Waals surface area contributed by atoms with Gasteiger partial charge >= 0.3 is 6.03 Å². The van der Waals surface area contributed by atoms with Crippen LogP contribution in [0.15, 0.2) is 72.9 Å². The summed E-state index contributed by atoms with van der Waals surface area (Å²) in [5.74, 6) is 2.54. The van der Waals surface area contributed by atoms with E-state index >= 15 is 0 Å². The largest absolute Gasteiger partial charge is 0.484 e. The van der Waals surface area contributed by atoms with Crippen molar-refractivity contribution >= 4 is 17.5 Å². The number of amides is 2. The number of fused-ring (bicyclic) bond motifs is 2. The van der Waals surface area contributed by atoms with Crippen molar-refractivity contribution in [3.05, 3.63) is 101 Å². The van der Waals surface area contributed by atoms with Gasteiger partial charge in [0.05, 0.1) is 23.6 Å². The molecule has 5 aromatic rings. The number of carbonyl (C=O) groups is 1. The van der Waals surface area contributed by atoms with Crippen molar-refractivity contribution in [3.8, 4) is 11.4 Å². The number of urea groups is 1. The molecule has 6 rings (SSSR count). The zero-order valence-corrected chi connectivity index (χ0v) is 26.3. The van der Waals surface area contributed by atoms with Crippen LogP contribution in [-0.2, 0) is 5.41 Å². The van der Waals surface area contributed by atoms with Gasteiger partial charge in [-0.2, -0.15) is 5.10 Å². The highest BCUT2D eigenvalue weighted by atomic mass is 16.5. The molecule has 2 aromatic carbocycles. The number of pyridine rings is 1.